The maximum absolute atomic E-state index is 12.7. The lowest BCUT2D eigenvalue weighted by atomic mass is 10.0. The molecule has 0 unspecified atom stereocenters. The molecule has 3 rings (SSSR count). The molecule has 4 nitrogen and oxygen atoms in total. The number of rotatable bonds is 4. The minimum absolute atomic E-state index is 0.0204. The summed E-state index contributed by atoms with van der Waals surface area (Å²) in [6, 6.07) is 9.83. The van der Waals surface area contributed by atoms with E-state index in [1.54, 1.807) is 17.6 Å². The van der Waals surface area contributed by atoms with Crippen LogP contribution in [-0.2, 0) is 24.1 Å². The Morgan fingerprint density at radius 1 is 1.30 bits per heavy atom. The van der Waals surface area contributed by atoms with E-state index >= 15 is 0 Å². The Balaban J connectivity index is 2.05. The van der Waals surface area contributed by atoms with E-state index in [-0.39, 0.29) is 11.5 Å². The molecule has 1 aromatic heterocycles. The molecule has 0 N–H and O–H groups in total. The molecule has 2 aromatic rings. The standard InChI is InChI=1S/C19H21NO3/c1-3-23-19(22)16-12-15(11-14-7-4-6-13(2)10-14)18(21)20-9-5-8-17(16)20/h4,6-7,10,12H,3,5,8-9,11H2,1-2H3. The summed E-state index contributed by atoms with van der Waals surface area (Å²) < 4.78 is 6.91. The second kappa shape index (κ2) is 6.41. The maximum Gasteiger partial charge on any atom is 0.339 e. The van der Waals surface area contributed by atoms with Crippen molar-refractivity contribution in [3.63, 3.8) is 0 Å². The molecule has 0 bridgehead atoms. The third-order valence-electron chi connectivity index (χ3n) is 4.24. The number of nitrogens with zero attached hydrogens (tertiary/aromatic N) is 1. The number of benzene rings is 1. The molecular formula is C19H21NO3. The van der Waals surface area contributed by atoms with Crippen LogP contribution in [0, 0.1) is 6.92 Å². The molecule has 23 heavy (non-hydrogen) atoms. The van der Waals surface area contributed by atoms with E-state index in [1.165, 1.54) is 0 Å². The Kier molecular flexibility index (Phi) is 4.33. The van der Waals surface area contributed by atoms with E-state index in [1.807, 2.05) is 25.1 Å². The van der Waals surface area contributed by atoms with Gasteiger partial charge in [0.15, 0.2) is 0 Å². The van der Waals surface area contributed by atoms with Gasteiger partial charge < -0.3 is 9.30 Å². The van der Waals surface area contributed by atoms with Crippen molar-refractivity contribution in [1.82, 2.24) is 4.57 Å². The lowest BCUT2D eigenvalue weighted by molar-refractivity contribution is 0.0524. The van der Waals surface area contributed by atoms with Gasteiger partial charge in [-0.1, -0.05) is 29.8 Å². The molecule has 1 aliphatic rings. The zero-order valence-electron chi connectivity index (χ0n) is 13.6. The number of esters is 1. The summed E-state index contributed by atoms with van der Waals surface area (Å²) in [7, 11) is 0. The molecule has 1 aromatic carbocycles. The second-order valence-corrected chi connectivity index (χ2v) is 5.98. The van der Waals surface area contributed by atoms with Crippen LogP contribution in [0.4, 0.5) is 0 Å². The van der Waals surface area contributed by atoms with Crippen molar-refractivity contribution in [2.24, 2.45) is 0 Å². The van der Waals surface area contributed by atoms with Crippen molar-refractivity contribution in [1.29, 1.82) is 0 Å². The van der Waals surface area contributed by atoms with E-state index in [0.717, 1.165) is 29.7 Å². The minimum Gasteiger partial charge on any atom is -0.462 e. The van der Waals surface area contributed by atoms with Gasteiger partial charge in [-0.2, -0.15) is 0 Å². The summed E-state index contributed by atoms with van der Waals surface area (Å²) >= 11 is 0. The molecular weight excluding hydrogens is 290 g/mol. The van der Waals surface area contributed by atoms with Gasteiger partial charge in [-0.3, -0.25) is 4.79 Å². The van der Waals surface area contributed by atoms with Crippen LogP contribution >= 0.6 is 0 Å². The quantitative estimate of drug-likeness (QED) is 0.816. The van der Waals surface area contributed by atoms with Crippen molar-refractivity contribution in [2.45, 2.75) is 39.7 Å². The number of hydrogen-bond acceptors (Lipinski definition) is 3. The highest BCUT2D eigenvalue weighted by atomic mass is 16.5. The Bertz CT molecular complexity index is 805. The van der Waals surface area contributed by atoms with Crippen LogP contribution in [0.2, 0.25) is 0 Å². The maximum atomic E-state index is 12.7. The summed E-state index contributed by atoms with van der Waals surface area (Å²) in [5.41, 5.74) is 4.29. The normalized spacial score (nSPS) is 13.0. The average Bonchev–Trinajstić information content (AvgIpc) is 3.00. The van der Waals surface area contributed by atoms with Crippen molar-refractivity contribution >= 4 is 5.97 Å². The van der Waals surface area contributed by atoms with E-state index in [9.17, 15) is 9.59 Å². The van der Waals surface area contributed by atoms with Crippen LogP contribution in [0.3, 0.4) is 0 Å². The zero-order chi connectivity index (χ0) is 16.4. The number of hydrogen-bond donors (Lipinski definition) is 0. The Morgan fingerprint density at radius 2 is 2.13 bits per heavy atom. The van der Waals surface area contributed by atoms with Crippen molar-refractivity contribution in [3.05, 3.63) is 68.6 Å². The summed E-state index contributed by atoms with van der Waals surface area (Å²) in [5.74, 6) is -0.330. The van der Waals surface area contributed by atoms with Gasteiger partial charge in [0.25, 0.3) is 5.56 Å². The number of carbonyl (C=O) groups excluding carboxylic acids is 1. The SMILES string of the molecule is CCOC(=O)c1cc(Cc2cccc(C)c2)c(=O)n2c1CCC2. The van der Waals surface area contributed by atoms with Crippen LogP contribution in [0.15, 0.2) is 35.1 Å². The largest absolute Gasteiger partial charge is 0.462 e. The lowest BCUT2D eigenvalue weighted by Crippen LogP contribution is -2.26. The number of fused-ring (bicyclic) bond motifs is 1. The molecule has 4 heteroatoms. The fraction of sp³-hybridized carbons (Fsp3) is 0.368. The Labute approximate surface area is 135 Å². The topological polar surface area (TPSA) is 48.3 Å². The number of carbonyl (C=O) groups is 1. The summed E-state index contributed by atoms with van der Waals surface area (Å²) in [6.07, 6.45) is 2.19. The minimum atomic E-state index is -0.330. The number of pyridine rings is 1. The first-order chi connectivity index (χ1) is 11.1. The van der Waals surface area contributed by atoms with Crippen LogP contribution in [0.25, 0.3) is 0 Å². The highest BCUT2D eigenvalue weighted by Crippen LogP contribution is 2.20. The van der Waals surface area contributed by atoms with Gasteiger partial charge in [-0.25, -0.2) is 4.79 Å². The van der Waals surface area contributed by atoms with Gasteiger partial charge >= 0.3 is 5.97 Å². The number of aryl methyl sites for hydroxylation is 1. The fourth-order valence-corrected chi connectivity index (χ4v) is 3.23. The molecule has 2 heterocycles. The summed E-state index contributed by atoms with van der Waals surface area (Å²) in [5, 5.41) is 0. The first-order valence-corrected chi connectivity index (χ1v) is 8.08. The molecule has 0 saturated heterocycles. The monoisotopic (exact) mass is 311 g/mol. The molecule has 120 valence electrons. The molecule has 0 saturated carbocycles. The molecule has 0 atom stereocenters. The Hall–Kier alpha value is -2.36. The molecule has 0 aliphatic carbocycles. The van der Waals surface area contributed by atoms with E-state index in [2.05, 4.69) is 6.07 Å². The van der Waals surface area contributed by atoms with Gasteiger partial charge in [0.2, 0.25) is 0 Å². The first kappa shape index (κ1) is 15.5. The zero-order valence-corrected chi connectivity index (χ0v) is 13.6. The summed E-state index contributed by atoms with van der Waals surface area (Å²) in [6.45, 7) is 4.84. The molecule has 1 aliphatic heterocycles. The van der Waals surface area contributed by atoms with Crippen LogP contribution < -0.4 is 5.56 Å². The van der Waals surface area contributed by atoms with Gasteiger partial charge in [-0.15, -0.1) is 0 Å². The van der Waals surface area contributed by atoms with E-state index < -0.39 is 0 Å². The van der Waals surface area contributed by atoms with Crippen LogP contribution in [0.1, 0.15) is 46.1 Å². The van der Waals surface area contributed by atoms with Gasteiger partial charge in [0, 0.05) is 24.2 Å². The summed E-state index contributed by atoms with van der Waals surface area (Å²) in [4.78, 5) is 24.9. The third-order valence-corrected chi connectivity index (χ3v) is 4.24. The lowest BCUT2D eigenvalue weighted by Gasteiger charge is -2.12. The number of ether oxygens (including phenoxy) is 1. The fourth-order valence-electron chi connectivity index (χ4n) is 3.23. The van der Waals surface area contributed by atoms with Gasteiger partial charge in [0.1, 0.15) is 0 Å². The van der Waals surface area contributed by atoms with Crippen molar-refractivity contribution in [2.75, 3.05) is 6.61 Å². The molecule has 0 spiro atoms. The third kappa shape index (κ3) is 3.07. The van der Waals surface area contributed by atoms with Crippen LogP contribution in [0.5, 0.6) is 0 Å². The smallest absolute Gasteiger partial charge is 0.339 e. The van der Waals surface area contributed by atoms with Gasteiger partial charge in [0.05, 0.1) is 12.2 Å². The first-order valence-electron chi connectivity index (χ1n) is 8.08. The highest BCUT2D eigenvalue weighted by molar-refractivity contribution is 5.91. The second-order valence-electron chi connectivity index (χ2n) is 5.98. The number of aromatic nitrogens is 1. The average molecular weight is 311 g/mol. The molecule has 0 fully saturated rings. The molecule has 0 radical (unpaired) electrons. The predicted molar refractivity (Wildman–Crippen MR) is 89.0 cm³/mol. The van der Waals surface area contributed by atoms with Crippen molar-refractivity contribution < 1.29 is 9.53 Å². The van der Waals surface area contributed by atoms with E-state index in [0.29, 0.717) is 30.7 Å². The highest BCUT2D eigenvalue weighted by Gasteiger charge is 2.23. The van der Waals surface area contributed by atoms with E-state index in [4.69, 9.17) is 4.74 Å². The van der Waals surface area contributed by atoms with Crippen LogP contribution in [-0.4, -0.2) is 17.1 Å². The Morgan fingerprint density at radius 3 is 2.87 bits per heavy atom. The van der Waals surface area contributed by atoms with Gasteiger partial charge in [-0.05, 0) is 38.3 Å². The van der Waals surface area contributed by atoms with Crippen molar-refractivity contribution in [3.8, 4) is 0 Å². The molecule has 0 amide bonds. The predicted octanol–water partition coefficient (Wildman–Crippen LogP) is 2.87.